The monoisotopic (exact) mass is 255 g/mol. The van der Waals surface area contributed by atoms with Gasteiger partial charge in [0.15, 0.2) is 0 Å². The van der Waals surface area contributed by atoms with Crippen molar-refractivity contribution in [2.45, 2.75) is 64.0 Å². The van der Waals surface area contributed by atoms with E-state index in [9.17, 15) is 5.11 Å². The first-order chi connectivity index (χ1) is 8.74. The van der Waals surface area contributed by atoms with Gasteiger partial charge in [-0.05, 0) is 43.9 Å². The molecule has 18 heavy (non-hydrogen) atoms. The molecule has 3 atom stereocenters. The molecule has 3 nitrogen and oxygen atoms in total. The molecule has 3 heteroatoms. The van der Waals surface area contributed by atoms with Crippen molar-refractivity contribution in [3.8, 4) is 0 Å². The van der Waals surface area contributed by atoms with E-state index in [4.69, 9.17) is 5.11 Å². The molecule has 0 amide bonds. The molecule has 2 N–H and O–H groups in total. The first kappa shape index (κ1) is 14.3. The smallest absolute Gasteiger partial charge is 0.0580 e. The van der Waals surface area contributed by atoms with Crippen LogP contribution in [-0.2, 0) is 0 Å². The molecule has 3 unspecified atom stereocenters. The second-order valence-corrected chi connectivity index (χ2v) is 6.24. The van der Waals surface area contributed by atoms with Crippen molar-refractivity contribution in [1.82, 2.24) is 4.90 Å². The highest BCUT2D eigenvalue weighted by Crippen LogP contribution is 2.35. The molecule has 0 aromatic heterocycles. The summed E-state index contributed by atoms with van der Waals surface area (Å²) in [6, 6.07) is 0.691. The van der Waals surface area contributed by atoms with Gasteiger partial charge in [0.25, 0.3) is 0 Å². The van der Waals surface area contributed by atoms with Gasteiger partial charge in [0.2, 0.25) is 0 Å². The molecule has 0 heterocycles. The van der Waals surface area contributed by atoms with Gasteiger partial charge in [-0.1, -0.05) is 19.8 Å². The van der Waals surface area contributed by atoms with Crippen LogP contribution in [0.3, 0.4) is 0 Å². The first-order valence-electron chi connectivity index (χ1n) is 7.77. The van der Waals surface area contributed by atoms with Crippen molar-refractivity contribution in [3.63, 3.8) is 0 Å². The second kappa shape index (κ2) is 6.88. The minimum absolute atomic E-state index is 0.113. The summed E-state index contributed by atoms with van der Waals surface area (Å²) in [4.78, 5) is 2.40. The summed E-state index contributed by atoms with van der Waals surface area (Å²) in [6.07, 6.45) is 8.38. The molecule has 2 aliphatic carbocycles. The van der Waals surface area contributed by atoms with E-state index in [0.29, 0.717) is 12.0 Å². The van der Waals surface area contributed by atoms with Gasteiger partial charge in [-0.2, -0.15) is 0 Å². The molecule has 0 bridgehead atoms. The van der Waals surface area contributed by atoms with Crippen LogP contribution in [0.25, 0.3) is 0 Å². The van der Waals surface area contributed by atoms with Crippen molar-refractivity contribution < 1.29 is 10.2 Å². The van der Waals surface area contributed by atoms with Gasteiger partial charge in [-0.3, -0.25) is 4.90 Å². The standard InChI is InChI=1S/C15H29NO2/c1-2-3-12-4-7-15(18)13(10-12)11-16(8-9-17)14-5-6-14/h12-15,17-18H,2-11H2,1H3. The molecule has 2 fully saturated rings. The average Bonchev–Trinajstić information content (AvgIpc) is 3.17. The van der Waals surface area contributed by atoms with Gasteiger partial charge in [0.1, 0.15) is 0 Å². The van der Waals surface area contributed by atoms with Crippen LogP contribution >= 0.6 is 0 Å². The topological polar surface area (TPSA) is 43.7 Å². The maximum Gasteiger partial charge on any atom is 0.0580 e. The van der Waals surface area contributed by atoms with Crippen LogP contribution in [-0.4, -0.2) is 47.0 Å². The Balaban J connectivity index is 1.84. The second-order valence-electron chi connectivity index (χ2n) is 6.24. The van der Waals surface area contributed by atoms with Gasteiger partial charge in [-0.15, -0.1) is 0 Å². The number of nitrogens with zero attached hydrogens (tertiary/aromatic N) is 1. The van der Waals surface area contributed by atoms with Gasteiger partial charge >= 0.3 is 0 Å². The number of aliphatic hydroxyl groups excluding tert-OH is 2. The number of hydrogen-bond donors (Lipinski definition) is 2. The SMILES string of the molecule is CCCC1CCC(O)C(CN(CCO)C2CC2)C1. The molecule has 0 aromatic rings. The van der Waals surface area contributed by atoms with Gasteiger partial charge < -0.3 is 10.2 Å². The van der Waals surface area contributed by atoms with Crippen molar-refractivity contribution in [3.05, 3.63) is 0 Å². The van der Waals surface area contributed by atoms with Crippen LogP contribution in [0.4, 0.5) is 0 Å². The van der Waals surface area contributed by atoms with Crippen LogP contribution in [0.5, 0.6) is 0 Å². The van der Waals surface area contributed by atoms with E-state index >= 15 is 0 Å². The minimum atomic E-state index is -0.113. The fraction of sp³-hybridized carbons (Fsp3) is 1.00. The fourth-order valence-electron chi connectivity index (χ4n) is 3.50. The molecule has 2 aliphatic rings. The van der Waals surface area contributed by atoms with E-state index in [0.717, 1.165) is 25.4 Å². The Labute approximate surface area is 111 Å². The number of rotatable bonds is 7. The summed E-state index contributed by atoms with van der Waals surface area (Å²) in [5, 5.41) is 19.3. The lowest BCUT2D eigenvalue weighted by molar-refractivity contribution is 0.0212. The zero-order valence-electron chi connectivity index (χ0n) is 11.7. The Morgan fingerprint density at radius 1 is 1.17 bits per heavy atom. The maximum absolute atomic E-state index is 10.2. The van der Waals surface area contributed by atoms with Crippen molar-refractivity contribution in [2.75, 3.05) is 19.7 Å². The van der Waals surface area contributed by atoms with E-state index in [-0.39, 0.29) is 12.7 Å². The Morgan fingerprint density at radius 2 is 1.94 bits per heavy atom. The molecule has 0 spiro atoms. The van der Waals surface area contributed by atoms with Gasteiger partial charge in [0, 0.05) is 19.1 Å². The highest BCUT2D eigenvalue weighted by atomic mass is 16.3. The van der Waals surface area contributed by atoms with E-state index in [1.165, 1.54) is 38.5 Å². The molecular weight excluding hydrogens is 226 g/mol. The summed E-state index contributed by atoms with van der Waals surface area (Å²) >= 11 is 0. The zero-order chi connectivity index (χ0) is 13.0. The molecule has 0 aromatic carbocycles. The Kier molecular flexibility index (Phi) is 5.46. The zero-order valence-corrected chi connectivity index (χ0v) is 11.7. The molecular formula is C15H29NO2. The quantitative estimate of drug-likeness (QED) is 0.731. The molecule has 0 radical (unpaired) electrons. The van der Waals surface area contributed by atoms with E-state index in [2.05, 4.69) is 11.8 Å². The minimum Gasteiger partial charge on any atom is -0.395 e. The Hall–Kier alpha value is -0.120. The predicted octanol–water partition coefficient (Wildman–Crippen LogP) is 2.02. The highest BCUT2D eigenvalue weighted by Gasteiger charge is 2.34. The van der Waals surface area contributed by atoms with Crippen LogP contribution in [0.2, 0.25) is 0 Å². The van der Waals surface area contributed by atoms with Crippen LogP contribution in [0.15, 0.2) is 0 Å². The lowest BCUT2D eigenvalue weighted by Crippen LogP contribution is -2.41. The largest absolute Gasteiger partial charge is 0.395 e. The van der Waals surface area contributed by atoms with Crippen molar-refractivity contribution in [2.24, 2.45) is 11.8 Å². The molecule has 0 saturated heterocycles. The summed E-state index contributed by atoms with van der Waals surface area (Å²) < 4.78 is 0. The van der Waals surface area contributed by atoms with Crippen LogP contribution < -0.4 is 0 Å². The van der Waals surface area contributed by atoms with E-state index in [1.807, 2.05) is 0 Å². The van der Waals surface area contributed by atoms with E-state index < -0.39 is 0 Å². The lowest BCUT2D eigenvalue weighted by atomic mass is 9.77. The number of aliphatic hydroxyl groups is 2. The van der Waals surface area contributed by atoms with E-state index in [1.54, 1.807) is 0 Å². The Morgan fingerprint density at radius 3 is 2.56 bits per heavy atom. The third-order valence-electron chi connectivity index (χ3n) is 4.67. The third-order valence-corrected chi connectivity index (χ3v) is 4.67. The van der Waals surface area contributed by atoms with Crippen molar-refractivity contribution >= 4 is 0 Å². The Bertz CT molecular complexity index is 243. The van der Waals surface area contributed by atoms with Crippen molar-refractivity contribution in [1.29, 1.82) is 0 Å². The summed E-state index contributed by atoms with van der Waals surface area (Å²) in [7, 11) is 0. The molecule has 106 valence electrons. The fourth-order valence-corrected chi connectivity index (χ4v) is 3.50. The molecule has 2 rings (SSSR count). The third kappa shape index (κ3) is 3.94. The van der Waals surface area contributed by atoms with Gasteiger partial charge in [0.05, 0.1) is 12.7 Å². The predicted molar refractivity (Wildman–Crippen MR) is 73.4 cm³/mol. The molecule has 2 saturated carbocycles. The highest BCUT2D eigenvalue weighted by molar-refractivity contribution is 4.88. The summed E-state index contributed by atoms with van der Waals surface area (Å²) in [5.41, 5.74) is 0. The normalized spacial score (nSPS) is 33.0. The average molecular weight is 255 g/mol. The van der Waals surface area contributed by atoms with Gasteiger partial charge in [-0.25, -0.2) is 0 Å². The van der Waals surface area contributed by atoms with Crippen LogP contribution in [0.1, 0.15) is 51.9 Å². The lowest BCUT2D eigenvalue weighted by Gasteiger charge is -2.36. The number of hydrogen-bond acceptors (Lipinski definition) is 3. The first-order valence-corrected chi connectivity index (χ1v) is 7.77. The summed E-state index contributed by atoms with van der Waals surface area (Å²) in [5.74, 6) is 1.25. The molecule has 0 aliphatic heterocycles. The summed E-state index contributed by atoms with van der Waals surface area (Å²) in [6.45, 7) is 4.28. The maximum atomic E-state index is 10.2. The van der Waals surface area contributed by atoms with Crippen LogP contribution in [0, 0.1) is 11.8 Å².